The minimum absolute atomic E-state index is 0.00438. The predicted octanol–water partition coefficient (Wildman–Crippen LogP) is 5.63. The second kappa shape index (κ2) is 11.1. The van der Waals surface area contributed by atoms with Crippen LogP contribution in [0.25, 0.3) is 0 Å². The Bertz CT molecular complexity index is 1500. The molecule has 1 saturated heterocycles. The Morgan fingerprint density at radius 3 is 1.93 bits per heavy atom. The fraction of sp³-hybridized carbons (Fsp3) is 0.417. The third-order valence-electron chi connectivity index (χ3n) is 10.4. The summed E-state index contributed by atoms with van der Waals surface area (Å²) in [5, 5.41) is 12.8. The lowest BCUT2D eigenvalue weighted by atomic mass is 9.49. The molecule has 8 rings (SSSR count). The third kappa shape index (κ3) is 5.47. The first kappa shape index (κ1) is 27.5. The van der Waals surface area contributed by atoms with E-state index in [1.54, 1.807) is 55.1 Å². The summed E-state index contributed by atoms with van der Waals surface area (Å²) in [6.45, 7) is 0.596. The van der Waals surface area contributed by atoms with Gasteiger partial charge in [0.05, 0.1) is 11.6 Å². The molecule has 1 amide bonds. The van der Waals surface area contributed by atoms with Gasteiger partial charge in [-0.1, -0.05) is 0 Å². The average Bonchev–Trinajstić information content (AvgIpc) is 3.25. The summed E-state index contributed by atoms with van der Waals surface area (Å²) in [4.78, 5) is 38.5. The first-order valence-corrected chi connectivity index (χ1v) is 15.6. The van der Waals surface area contributed by atoms with Crippen molar-refractivity contribution in [3.8, 4) is 6.07 Å². The zero-order valence-electron chi connectivity index (χ0n) is 24.4. The maximum absolute atomic E-state index is 14.7. The quantitative estimate of drug-likeness (QED) is 0.264. The first-order valence-electron chi connectivity index (χ1n) is 15.6. The monoisotopic (exact) mass is 571 g/mol. The highest BCUT2D eigenvalue weighted by molar-refractivity contribution is 6.06. The van der Waals surface area contributed by atoms with Crippen molar-refractivity contribution >= 4 is 11.7 Å². The van der Waals surface area contributed by atoms with Gasteiger partial charge in [-0.15, -0.1) is 0 Å². The van der Waals surface area contributed by atoms with E-state index in [0.717, 1.165) is 35.3 Å². The molecule has 0 spiro atoms. The van der Waals surface area contributed by atoms with Gasteiger partial charge in [0.1, 0.15) is 11.4 Å². The van der Waals surface area contributed by atoms with Gasteiger partial charge in [-0.25, -0.2) is 0 Å². The molecule has 4 aliphatic carbocycles. The van der Waals surface area contributed by atoms with Crippen LogP contribution in [0.4, 0.5) is 0 Å². The highest BCUT2D eigenvalue weighted by Gasteiger charge is 2.53. The number of hydrogen-bond donors (Lipinski definition) is 1. The summed E-state index contributed by atoms with van der Waals surface area (Å²) in [7, 11) is 0. The van der Waals surface area contributed by atoms with Crippen LogP contribution < -0.4 is 5.32 Å². The lowest BCUT2D eigenvalue weighted by Crippen LogP contribution is -2.51. The lowest BCUT2D eigenvalue weighted by Gasteiger charge is -2.57. The van der Waals surface area contributed by atoms with Crippen LogP contribution in [0.5, 0.6) is 0 Å². The van der Waals surface area contributed by atoms with E-state index in [0.29, 0.717) is 41.7 Å². The molecular weight excluding hydrogens is 534 g/mol. The molecule has 0 radical (unpaired) electrons. The topological polar surface area (TPSA) is 99.0 Å². The molecule has 4 saturated carbocycles. The smallest absolute Gasteiger partial charge is 0.254 e. The predicted molar refractivity (Wildman–Crippen MR) is 162 cm³/mol. The van der Waals surface area contributed by atoms with Crippen molar-refractivity contribution in [1.82, 2.24) is 20.2 Å². The number of nitrogens with zero attached hydrogens (tertiary/aromatic N) is 4. The average molecular weight is 572 g/mol. The minimum Gasteiger partial charge on any atom is -0.357 e. The van der Waals surface area contributed by atoms with Gasteiger partial charge < -0.3 is 5.32 Å². The van der Waals surface area contributed by atoms with E-state index in [9.17, 15) is 14.9 Å². The van der Waals surface area contributed by atoms with Crippen LogP contribution in [0.2, 0.25) is 0 Å². The molecule has 3 heterocycles. The number of pyridine rings is 2. The van der Waals surface area contributed by atoms with Gasteiger partial charge in [-0.3, -0.25) is 24.5 Å². The summed E-state index contributed by atoms with van der Waals surface area (Å²) in [6.07, 6.45) is 18.5. The fourth-order valence-corrected chi connectivity index (χ4v) is 8.93. The molecule has 1 N–H and O–H groups in total. The largest absolute Gasteiger partial charge is 0.357 e. The molecule has 4 bridgehead atoms. The minimum atomic E-state index is -0.957. The van der Waals surface area contributed by atoms with E-state index >= 15 is 0 Å². The molecule has 1 aliphatic heterocycles. The Hall–Kier alpha value is -4.31. The highest BCUT2D eigenvalue weighted by atomic mass is 16.2. The Kier molecular flexibility index (Phi) is 7.09. The molecule has 5 aliphatic rings. The number of rotatable bonds is 9. The van der Waals surface area contributed by atoms with E-state index in [4.69, 9.17) is 0 Å². The standard InChI is InChI=1S/C36H37N5O2/c37-24-27-1-3-31(4-2-27)32(42)18-33-40-36(22-25-5-10-38-11-6-25,23-26-7-12-39-13-8-26)34(43)41(33)14-9-35-19-28-15-29(20-35)17-30(16-28)21-35/h1-8,10-13,18,28-30,40H,9,14-17,19-23H2/b33-18+. The SMILES string of the molecule is N#Cc1ccc(C(=O)/C=C2\NC(Cc3ccncc3)(Cc3ccncc3)C(=O)N2CCC23CC4CC(CC(C4)C2)C3)cc1. The number of nitrogens with one attached hydrogen (secondary N) is 1. The van der Waals surface area contributed by atoms with Crippen molar-refractivity contribution in [2.45, 2.75) is 63.3 Å². The third-order valence-corrected chi connectivity index (χ3v) is 10.4. The number of amides is 1. The summed E-state index contributed by atoms with van der Waals surface area (Å²) < 4.78 is 0. The Morgan fingerprint density at radius 2 is 1.42 bits per heavy atom. The first-order chi connectivity index (χ1) is 20.9. The summed E-state index contributed by atoms with van der Waals surface area (Å²) in [5.74, 6) is 2.89. The molecule has 3 aromatic rings. The van der Waals surface area contributed by atoms with Crippen LogP contribution in [-0.4, -0.2) is 38.6 Å². The lowest BCUT2D eigenvalue weighted by molar-refractivity contribution is -0.132. The van der Waals surface area contributed by atoms with E-state index in [2.05, 4.69) is 21.4 Å². The summed E-state index contributed by atoms with van der Waals surface area (Å²) in [6, 6.07) is 16.6. The van der Waals surface area contributed by atoms with Crippen LogP contribution in [-0.2, 0) is 17.6 Å². The van der Waals surface area contributed by atoms with Crippen molar-refractivity contribution in [2.75, 3.05) is 6.54 Å². The maximum Gasteiger partial charge on any atom is 0.254 e. The number of allylic oxidation sites excluding steroid dienone is 1. The normalized spacial score (nSPS) is 27.7. The fourth-order valence-electron chi connectivity index (χ4n) is 8.93. The number of nitriles is 1. The number of carbonyl (C=O) groups excluding carboxylic acids is 2. The van der Waals surface area contributed by atoms with Gasteiger partial charge in [0, 0.05) is 55.8 Å². The van der Waals surface area contributed by atoms with Crippen molar-refractivity contribution < 1.29 is 9.59 Å². The molecule has 2 aromatic heterocycles. The van der Waals surface area contributed by atoms with Gasteiger partial charge in [0.2, 0.25) is 0 Å². The second-order valence-corrected chi connectivity index (χ2v) is 13.5. The zero-order valence-corrected chi connectivity index (χ0v) is 24.4. The van der Waals surface area contributed by atoms with Crippen LogP contribution in [0.3, 0.4) is 0 Å². The van der Waals surface area contributed by atoms with Gasteiger partial charge in [0.15, 0.2) is 5.78 Å². The summed E-state index contributed by atoms with van der Waals surface area (Å²) in [5.41, 5.74) is 2.35. The molecule has 5 fully saturated rings. The maximum atomic E-state index is 14.7. The Balaban J connectivity index is 1.23. The van der Waals surface area contributed by atoms with Gasteiger partial charge in [0.25, 0.3) is 5.91 Å². The number of hydrogen-bond acceptors (Lipinski definition) is 6. The van der Waals surface area contributed by atoms with Gasteiger partial charge in [-0.05, 0) is 128 Å². The van der Waals surface area contributed by atoms with Crippen molar-refractivity contribution in [3.63, 3.8) is 0 Å². The summed E-state index contributed by atoms with van der Waals surface area (Å²) >= 11 is 0. The molecule has 43 heavy (non-hydrogen) atoms. The van der Waals surface area contributed by atoms with Gasteiger partial charge >= 0.3 is 0 Å². The van der Waals surface area contributed by atoms with E-state index < -0.39 is 5.54 Å². The van der Waals surface area contributed by atoms with Gasteiger partial charge in [-0.2, -0.15) is 5.26 Å². The molecular formula is C36H37N5O2. The number of ketones is 1. The van der Waals surface area contributed by atoms with E-state index in [-0.39, 0.29) is 11.7 Å². The molecule has 7 nitrogen and oxygen atoms in total. The van der Waals surface area contributed by atoms with Crippen LogP contribution in [0, 0.1) is 34.5 Å². The molecule has 1 aromatic carbocycles. The van der Waals surface area contributed by atoms with Crippen molar-refractivity contribution in [3.05, 3.63) is 107 Å². The van der Waals surface area contributed by atoms with Crippen LogP contribution in [0.1, 0.15) is 72.0 Å². The van der Waals surface area contributed by atoms with E-state index in [1.807, 2.05) is 29.2 Å². The van der Waals surface area contributed by atoms with Crippen LogP contribution >= 0.6 is 0 Å². The Morgan fingerprint density at radius 1 is 0.884 bits per heavy atom. The van der Waals surface area contributed by atoms with Crippen molar-refractivity contribution in [1.29, 1.82) is 5.26 Å². The molecule has 218 valence electrons. The number of aromatic nitrogens is 2. The second-order valence-electron chi connectivity index (χ2n) is 13.5. The van der Waals surface area contributed by atoms with Crippen molar-refractivity contribution in [2.24, 2.45) is 23.2 Å². The highest BCUT2D eigenvalue weighted by Crippen LogP contribution is 2.61. The van der Waals surface area contributed by atoms with Crippen LogP contribution in [0.15, 0.2) is 85.2 Å². The Labute approximate surface area is 253 Å². The number of carbonyl (C=O) groups is 2. The number of benzene rings is 1. The molecule has 7 heteroatoms. The molecule has 0 atom stereocenters. The molecule has 0 unspecified atom stereocenters. The zero-order chi connectivity index (χ0) is 29.4. The van der Waals surface area contributed by atoms with E-state index in [1.165, 1.54) is 38.5 Å².